The van der Waals surface area contributed by atoms with Gasteiger partial charge in [0.2, 0.25) is 5.91 Å². The SMILES string of the molecule is CNCC(CC1(c2cnc[nH]2)C=CC(C2C(O)C(OC3OCC(O)C(O)C3O)C(C)(CO)C3CCC4(C)C(CC=C5C6CC(C)(CO)CCC6(C(=O)O)CC(Cc6cnc[nH]6)C54C)C23C)C2C1NC(=O)C21CCCC1)C(N)O. The average Bonchev–Trinajstić information content (AvgIpc) is 3.51. The van der Waals surface area contributed by atoms with Crippen molar-refractivity contribution < 1.29 is 59.9 Å². The number of aromatic amines is 2. The van der Waals surface area contributed by atoms with E-state index in [4.69, 9.17) is 15.2 Å². The van der Waals surface area contributed by atoms with Gasteiger partial charge in [-0.1, -0.05) is 71.3 Å². The van der Waals surface area contributed by atoms with Crippen molar-refractivity contribution in [2.24, 2.45) is 91.0 Å². The van der Waals surface area contributed by atoms with Crippen LogP contribution in [0.3, 0.4) is 0 Å². The zero-order valence-corrected chi connectivity index (χ0v) is 46.5. The number of hydrogen-bond acceptors (Lipinski definition) is 15. The third-order valence-electron chi connectivity index (χ3n) is 24.5. The van der Waals surface area contributed by atoms with Gasteiger partial charge in [0.15, 0.2) is 6.29 Å². The van der Waals surface area contributed by atoms with E-state index < -0.39 is 129 Å². The number of imidazole rings is 2. The van der Waals surface area contributed by atoms with Crippen molar-refractivity contribution in [3.8, 4) is 0 Å². The molecule has 23 unspecified atom stereocenters. The number of allylic oxidation sites excluding steroid dienone is 3. The van der Waals surface area contributed by atoms with E-state index in [-0.39, 0.29) is 42.8 Å². The maximum Gasteiger partial charge on any atom is 0.310 e. The number of carboxylic acid groups (broad SMARTS) is 1. The van der Waals surface area contributed by atoms with Crippen molar-refractivity contribution in [1.82, 2.24) is 30.6 Å². The van der Waals surface area contributed by atoms with E-state index in [2.05, 4.69) is 76.5 Å². The zero-order chi connectivity index (χ0) is 55.8. The van der Waals surface area contributed by atoms with Crippen molar-refractivity contribution in [3.63, 3.8) is 0 Å². The number of carbonyl (C=O) groups is 2. The first-order chi connectivity index (χ1) is 37.0. The second-order valence-electron chi connectivity index (χ2n) is 27.7. The number of aliphatic hydroxyl groups is 7. The first kappa shape index (κ1) is 56.3. The molecule has 7 aliphatic carbocycles. The van der Waals surface area contributed by atoms with E-state index in [1.165, 1.54) is 0 Å². The zero-order valence-electron chi connectivity index (χ0n) is 46.5. The van der Waals surface area contributed by atoms with Gasteiger partial charge in [-0.3, -0.25) is 9.59 Å². The van der Waals surface area contributed by atoms with E-state index in [9.17, 15) is 45.6 Å². The summed E-state index contributed by atoms with van der Waals surface area (Å²) < 4.78 is 12.9. The van der Waals surface area contributed by atoms with Crippen LogP contribution in [-0.2, 0) is 30.9 Å². The number of aliphatic carboxylic acids is 1. The Hall–Kier alpha value is -3.60. The molecule has 11 rings (SSSR count). The molecule has 14 N–H and O–H groups in total. The van der Waals surface area contributed by atoms with Crippen LogP contribution in [-0.4, -0.2) is 155 Å². The standard InChI is InChI=1S/C59H89N7O12/c1-52(27-67)17-18-58(51(75)76)21-32(19-33-24-62-29-64-33)56(5)35(36(58)22-52)9-10-39-54(56,3)15-12-38-53(2,28-68)47(78-49-45(72)43(70)37(69)26-77-49)44(71)41(55(38,39)4)34-11-16-59(40-25-63-30-65-40,20-31(23-61-6)48(60)73)46-42(34)57(50(74)66-46)13-7-8-14-57/h9,11,16,24-25,29-32,34,36-39,41-49,61,67-73H,7-8,10,12-15,17-23,26-28,60H2,1-6H3,(H,62,64)(H,63,65)(H,66,74)(H,75,76). The number of H-pyrrole nitrogens is 2. The molecular formula is C59H89N7O12. The molecule has 7 fully saturated rings. The average molecular weight is 1090 g/mol. The highest BCUT2D eigenvalue weighted by atomic mass is 16.7. The minimum absolute atomic E-state index is 0.0447. The summed E-state index contributed by atoms with van der Waals surface area (Å²) in [4.78, 5) is 45.2. The molecule has 5 saturated carbocycles. The lowest BCUT2D eigenvalue weighted by atomic mass is 9.29. The Kier molecular flexibility index (Phi) is 14.3. The lowest BCUT2D eigenvalue weighted by Gasteiger charge is -2.75. The van der Waals surface area contributed by atoms with Gasteiger partial charge in [0.05, 0.1) is 54.3 Å². The van der Waals surface area contributed by atoms with Gasteiger partial charge in [-0.25, -0.2) is 9.97 Å². The first-order valence-electron chi connectivity index (χ1n) is 29.2. The molecule has 2 aromatic heterocycles. The number of carboxylic acids is 1. The monoisotopic (exact) mass is 1090 g/mol. The lowest BCUT2D eigenvalue weighted by Crippen LogP contribution is -2.74. The van der Waals surface area contributed by atoms with E-state index in [0.717, 1.165) is 29.8 Å². The van der Waals surface area contributed by atoms with Crippen molar-refractivity contribution in [1.29, 1.82) is 0 Å². The van der Waals surface area contributed by atoms with Crippen LogP contribution in [0.4, 0.5) is 0 Å². The van der Waals surface area contributed by atoms with Gasteiger partial charge in [0, 0.05) is 60.2 Å². The summed E-state index contributed by atoms with van der Waals surface area (Å²) in [5.41, 5.74) is 2.69. The van der Waals surface area contributed by atoms with E-state index in [1.807, 2.05) is 20.2 Å². The predicted octanol–water partition coefficient (Wildman–Crippen LogP) is 3.06. The minimum Gasteiger partial charge on any atom is -0.481 e. The summed E-state index contributed by atoms with van der Waals surface area (Å²) in [5.74, 6) is -3.98. The molecule has 0 aromatic carbocycles. The highest BCUT2D eigenvalue weighted by molar-refractivity contribution is 5.87. The van der Waals surface area contributed by atoms with Crippen molar-refractivity contribution >= 4 is 11.9 Å². The molecule has 1 spiro atoms. The molecule has 23 atom stereocenters. The molecule has 2 aromatic rings. The fraction of sp³-hybridized carbons (Fsp3) is 0.797. The predicted molar refractivity (Wildman–Crippen MR) is 285 cm³/mol. The second kappa shape index (κ2) is 19.8. The molecule has 78 heavy (non-hydrogen) atoms. The first-order valence-corrected chi connectivity index (χ1v) is 29.2. The maximum atomic E-state index is 15.4. The maximum absolute atomic E-state index is 15.4. The van der Waals surface area contributed by atoms with Crippen LogP contribution in [0.25, 0.3) is 0 Å². The molecule has 0 radical (unpaired) electrons. The number of carbonyl (C=O) groups excluding carboxylic acids is 1. The molecule has 4 heterocycles. The number of nitrogens with two attached hydrogens (primary N) is 1. The minimum atomic E-state index is -1.67. The fourth-order valence-electron chi connectivity index (χ4n) is 20.4. The summed E-state index contributed by atoms with van der Waals surface area (Å²) in [5, 5.41) is 99.9. The van der Waals surface area contributed by atoms with E-state index in [0.29, 0.717) is 77.2 Å². The number of ether oxygens (including phenoxy) is 2. The summed E-state index contributed by atoms with van der Waals surface area (Å²) in [6.45, 7) is 10.7. The topological polar surface area (TPSA) is 322 Å². The highest BCUT2D eigenvalue weighted by Crippen LogP contribution is 2.79. The van der Waals surface area contributed by atoms with Crippen LogP contribution in [0.2, 0.25) is 0 Å². The second-order valence-corrected chi connectivity index (χ2v) is 27.7. The molecule has 19 nitrogen and oxygen atoms in total. The van der Waals surface area contributed by atoms with E-state index in [1.54, 1.807) is 18.9 Å². The molecule has 1 amide bonds. The number of rotatable bonds is 14. The Bertz CT molecular complexity index is 2600. The quantitative estimate of drug-likeness (QED) is 0.0735. The van der Waals surface area contributed by atoms with E-state index >= 15 is 4.79 Å². The summed E-state index contributed by atoms with van der Waals surface area (Å²) >= 11 is 0. The smallest absolute Gasteiger partial charge is 0.310 e. The Labute approximate surface area is 458 Å². The van der Waals surface area contributed by atoms with Crippen molar-refractivity contribution in [3.05, 3.63) is 60.2 Å². The molecule has 0 bridgehead atoms. The van der Waals surface area contributed by atoms with Gasteiger partial charge in [-0.2, -0.15) is 0 Å². The van der Waals surface area contributed by atoms with Gasteiger partial charge in [0.1, 0.15) is 24.5 Å². The van der Waals surface area contributed by atoms with Crippen LogP contribution in [0, 0.1) is 85.2 Å². The Balaban J connectivity index is 1.13. The Morgan fingerprint density at radius 2 is 1.65 bits per heavy atom. The number of nitrogens with one attached hydrogen (secondary N) is 4. The molecule has 2 aliphatic heterocycles. The summed E-state index contributed by atoms with van der Waals surface area (Å²) in [6.07, 6.45) is 11.5. The Morgan fingerprint density at radius 1 is 0.923 bits per heavy atom. The lowest BCUT2D eigenvalue weighted by molar-refractivity contribution is -0.344. The van der Waals surface area contributed by atoms with Crippen LogP contribution >= 0.6 is 0 Å². The number of nitrogens with zero attached hydrogens (tertiary/aromatic N) is 2. The molecule has 432 valence electrons. The molecule has 9 aliphatic rings. The van der Waals surface area contributed by atoms with Crippen molar-refractivity contribution in [2.75, 3.05) is 33.4 Å². The number of amides is 1. The number of fused-ring (bicyclic) bond motifs is 9. The van der Waals surface area contributed by atoms with Gasteiger partial charge >= 0.3 is 5.97 Å². The highest BCUT2D eigenvalue weighted by Gasteiger charge is 2.77. The van der Waals surface area contributed by atoms with Gasteiger partial charge in [-0.05, 0) is 135 Å². The number of aromatic nitrogens is 4. The van der Waals surface area contributed by atoms with Crippen molar-refractivity contribution in [2.45, 2.75) is 173 Å². The third kappa shape index (κ3) is 7.81. The van der Waals surface area contributed by atoms with Gasteiger partial charge in [0.25, 0.3) is 0 Å². The molecule has 2 saturated heterocycles. The van der Waals surface area contributed by atoms with Crippen LogP contribution in [0.5, 0.6) is 0 Å². The number of hydrogen-bond donors (Lipinski definition) is 13. The summed E-state index contributed by atoms with van der Waals surface area (Å²) in [7, 11) is 1.82. The van der Waals surface area contributed by atoms with Crippen LogP contribution in [0.1, 0.15) is 123 Å². The number of aliphatic hydroxyl groups excluding tert-OH is 7. The third-order valence-corrected chi connectivity index (χ3v) is 24.5. The van der Waals surface area contributed by atoms with Gasteiger partial charge < -0.3 is 76.7 Å². The Morgan fingerprint density at radius 3 is 2.29 bits per heavy atom. The fourth-order valence-corrected chi connectivity index (χ4v) is 20.4. The summed E-state index contributed by atoms with van der Waals surface area (Å²) in [6, 6.07) is -0.560. The van der Waals surface area contributed by atoms with Crippen LogP contribution < -0.4 is 16.4 Å². The molecular weight excluding hydrogens is 999 g/mol. The normalized spacial score (nSPS) is 48.2. The van der Waals surface area contributed by atoms with Gasteiger partial charge in [-0.15, -0.1) is 0 Å². The van der Waals surface area contributed by atoms with Crippen LogP contribution in [0.15, 0.2) is 48.8 Å². The molecule has 19 heteroatoms. The largest absolute Gasteiger partial charge is 0.481 e.